The molecule has 8 nitrogen and oxygen atoms in total. The third-order valence-electron chi connectivity index (χ3n) is 6.24. The van der Waals surface area contributed by atoms with Crippen LogP contribution in [-0.2, 0) is 25.7 Å². The van der Waals surface area contributed by atoms with Crippen molar-refractivity contribution in [3.63, 3.8) is 0 Å². The number of amides is 4. The molecule has 0 radical (unpaired) electrons. The number of aryl methyl sites for hydroxylation is 1. The summed E-state index contributed by atoms with van der Waals surface area (Å²) in [7, 11) is 1.63. The lowest BCUT2D eigenvalue weighted by Gasteiger charge is -2.36. The van der Waals surface area contributed by atoms with Gasteiger partial charge in [-0.15, -0.1) is 0 Å². The zero-order valence-corrected chi connectivity index (χ0v) is 17.8. The van der Waals surface area contributed by atoms with E-state index in [0.29, 0.717) is 13.0 Å². The van der Waals surface area contributed by atoms with Crippen molar-refractivity contribution in [2.75, 3.05) is 20.2 Å². The summed E-state index contributed by atoms with van der Waals surface area (Å²) in [6.45, 7) is 3.38. The standard InChI is InChI=1S/C22H29N3O5/c1-15-8-4-5-10-17(15)12-24(3)18(26)14-30-19(27)13-25-20(28)22(23-21(25)29)11-7-6-9-16(22)2/h4-5,8,10,16H,6-7,9,11-14H2,1-3H3,(H,23,29)/t16-,22-/m0/s1. The van der Waals surface area contributed by atoms with Crippen molar-refractivity contribution in [3.8, 4) is 0 Å². The van der Waals surface area contributed by atoms with Gasteiger partial charge >= 0.3 is 12.0 Å². The number of nitrogens with one attached hydrogen (secondary N) is 1. The number of benzene rings is 1. The summed E-state index contributed by atoms with van der Waals surface area (Å²) in [5.74, 6) is -1.50. The molecule has 30 heavy (non-hydrogen) atoms. The van der Waals surface area contributed by atoms with Gasteiger partial charge in [0.1, 0.15) is 12.1 Å². The highest BCUT2D eigenvalue weighted by molar-refractivity contribution is 6.09. The molecule has 3 rings (SSSR count). The van der Waals surface area contributed by atoms with Gasteiger partial charge in [-0.2, -0.15) is 0 Å². The summed E-state index contributed by atoms with van der Waals surface area (Å²) >= 11 is 0. The van der Waals surface area contributed by atoms with Gasteiger partial charge in [0.05, 0.1) is 0 Å². The van der Waals surface area contributed by atoms with Crippen LogP contribution < -0.4 is 5.32 Å². The first-order valence-corrected chi connectivity index (χ1v) is 10.3. The number of hydrogen-bond donors (Lipinski definition) is 1. The molecule has 2 atom stereocenters. The SMILES string of the molecule is Cc1ccccc1CN(C)C(=O)COC(=O)CN1C(=O)N[C@]2(CCCC[C@@H]2C)C1=O. The zero-order valence-electron chi connectivity index (χ0n) is 17.8. The summed E-state index contributed by atoms with van der Waals surface area (Å²) in [6.07, 6.45) is 3.31. The largest absolute Gasteiger partial charge is 0.454 e. The molecule has 2 aliphatic rings. The minimum atomic E-state index is -0.917. The highest BCUT2D eigenvalue weighted by Gasteiger charge is 2.55. The molecule has 8 heteroatoms. The molecule has 1 N–H and O–H groups in total. The molecule has 1 saturated carbocycles. The molecule has 1 aromatic rings. The Bertz CT molecular complexity index is 855. The lowest BCUT2D eigenvalue weighted by atomic mass is 9.73. The predicted octanol–water partition coefficient (Wildman–Crippen LogP) is 2.00. The van der Waals surface area contributed by atoms with Crippen LogP contribution in [0.4, 0.5) is 4.79 Å². The smallest absolute Gasteiger partial charge is 0.326 e. The first kappa shape index (κ1) is 21.8. The van der Waals surface area contributed by atoms with Crippen molar-refractivity contribution >= 4 is 23.8 Å². The number of ether oxygens (including phenoxy) is 1. The molecule has 1 aliphatic carbocycles. The quantitative estimate of drug-likeness (QED) is 0.566. The first-order valence-electron chi connectivity index (χ1n) is 10.3. The van der Waals surface area contributed by atoms with Crippen LogP contribution in [0.2, 0.25) is 0 Å². The van der Waals surface area contributed by atoms with Crippen LogP contribution in [0.1, 0.15) is 43.7 Å². The van der Waals surface area contributed by atoms with E-state index in [1.807, 2.05) is 38.1 Å². The summed E-state index contributed by atoms with van der Waals surface area (Å²) in [5, 5.41) is 2.79. The number of rotatable bonds is 6. The van der Waals surface area contributed by atoms with Gasteiger partial charge in [0.2, 0.25) is 0 Å². The molecule has 2 fully saturated rings. The Morgan fingerprint density at radius 1 is 1.27 bits per heavy atom. The molecule has 1 saturated heterocycles. The maximum absolute atomic E-state index is 12.9. The number of carbonyl (C=O) groups excluding carboxylic acids is 4. The van der Waals surface area contributed by atoms with Gasteiger partial charge in [0, 0.05) is 13.6 Å². The maximum atomic E-state index is 12.9. The number of nitrogens with zero attached hydrogens (tertiary/aromatic N) is 2. The molecule has 162 valence electrons. The lowest BCUT2D eigenvalue weighted by Crippen LogP contribution is -2.54. The van der Waals surface area contributed by atoms with Crippen molar-refractivity contribution in [1.29, 1.82) is 0 Å². The van der Waals surface area contributed by atoms with Gasteiger partial charge in [0.15, 0.2) is 6.61 Å². The summed E-state index contributed by atoms with van der Waals surface area (Å²) in [5.41, 5.74) is 1.16. The van der Waals surface area contributed by atoms with E-state index < -0.39 is 30.7 Å². The molecule has 1 aromatic carbocycles. The molecular weight excluding hydrogens is 386 g/mol. The highest BCUT2D eigenvalue weighted by atomic mass is 16.5. The Morgan fingerprint density at radius 3 is 2.70 bits per heavy atom. The van der Waals surface area contributed by atoms with Crippen molar-refractivity contribution in [2.45, 2.75) is 51.6 Å². The fourth-order valence-corrected chi connectivity index (χ4v) is 4.20. The molecule has 0 unspecified atom stereocenters. The first-order chi connectivity index (χ1) is 14.2. The van der Waals surface area contributed by atoms with E-state index in [4.69, 9.17) is 4.74 Å². The Kier molecular flexibility index (Phi) is 6.43. The van der Waals surface area contributed by atoms with Crippen LogP contribution in [0.15, 0.2) is 24.3 Å². The number of esters is 1. The van der Waals surface area contributed by atoms with Crippen LogP contribution >= 0.6 is 0 Å². The van der Waals surface area contributed by atoms with Crippen LogP contribution in [0.25, 0.3) is 0 Å². The predicted molar refractivity (Wildman–Crippen MR) is 109 cm³/mol. The van der Waals surface area contributed by atoms with Crippen molar-refractivity contribution in [2.24, 2.45) is 5.92 Å². The molecule has 0 aromatic heterocycles. The third-order valence-corrected chi connectivity index (χ3v) is 6.24. The maximum Gasteiger partial charge on any atom is 0.326 e. The molecule has 1 spiro atoms. The van der Waals surface area contributed by atoms with Gasteiger partial charge in [-0.05, 0) is 36.8 Å². The topological polar surface area (TPSA) is 96.0 Å². The Labute approximate surface area is 176 Å². The van der Waals surface area contributed by atoms with E-state index in [0.717, 1.165) is 35.3 Å². The van der Waals surface area contributed by atoms with Gasteiger partial charge in [0.25, 0.3) is 11.8 Å². The van der Waals surface area contributed by atoms with Gasteiger partial charge in [-0.1, -0.05) is 44.0 Å². The van der Waals surface area contributed by atoms with Gasteiger partial charge in [-0.3, -0.25) is 19.3 Å². The summed E-state index contributed by atoms with van der Waals surface area (Å²) < 4.78 is 5.05. The van der Waals surface area contributed by atoms with E-state index in [1.165, 1.54) is 4.90 Å². The number of hydrogen-bond acceptors (Lipinski definition) is 5. The molecular formula is C22H29N3O5. The van der Waals surface area contributed by atoms with Gasteiger partial charge < -0.3 is 15.0 Å². The van der Waals surface area contributed by atoms with Crippen molar-refractivity contribution in [3.05, 3.63) is 35.4 Å². The van der Waals surface area contributed by atoms with Crippen molar-refractivity contribution in [1.82, 2.24) is 15.1 Å². The van der Waals surface area contributed by atoms with E-state index >= 15 is 0 Å². The average molecular weight is 415 g/mol. The highest BCUT2D eigenvalue weighted by Crippen LogP contribution is 2.38. The lowest BCUT2D eigenvalue weighted by molar-refractivity contribution is -0.153. The summed E-state index contributed by atoms with van der Waals surface area (Å²) in [4.78, 5) is 52.1. The second kappa shape index (κ2) is 8.85. The minimum Gasteiger partial charge on any atom is -0.454 e. The zero-order chi connectivity index (χ0) is 21.9. The molecule has 4 amide bonds. The van der Waals surface area contributed by atoms with E-state index in [1.54, 1.807) is 7.05 Å². The van der Waals surface area contributed by atoms with Crippen LogP contribution in [-0.4, -0.2) is 59.4 Å². The van der Waals surface area contributed by atoms with Gasteiger partial charge in [-0.25, -0.2) is 4.79 Å². The number of urea groups is 1. The van der Waals surface area contributed by atoms with E-state index in [9.17, 15) is 19.2 Å². The third kappa shape index (κ3) is 4.32. The van der Waals surface area contributed by atoms with Crippen molar-refractivity contribution < 1.29 is 23.9 Å². The minimum absolute atomic E-state index is 0.0143. The van der Waals surface area contributed by atoms with Crippen LogP contribution in [0.5, 0.6) is 0 Å². The normalized spacial score (nSPS) is 23.4. The average Bonchev–Trinajstić information content (AvgIpc) is 2.95. The monoisotopic (exact) mass is 415 g/mol. The molecule has 1 aliphatic heterocycles. The van der Waals surface area contributed by atoms with Crippen LogP contribution in [0, 0.1) is 12.8 Å². The molecule has 0 bridgehead atoms. The van der Waals surface area contributed by atoms with Crippen LogP contribution in [0.3, 0.4) is 0 Å². The Hall–Kier alpha value is -2.90. The number of carbonyl (C=O) groups is 4. The number of imide groups is 1. The molecule has 1 heterocycles. The Morgan fingerprint density at radius 2 is 2.00 bits per heavy atom. The van der Waals surface area contributed by atoms with E-state index in [2.05, 4.69) is 5.32 Å². The Balaban J connectivity index is 1.52. The van der Waals surface area contributed by atoms with E-state index in [-0.39, 0.29) is 17.7 Å². The number of likely N-dealkylation sites (N-methyl/N-ethyl adjacent to an activating group) is 1. The second-order valence-corrected chi connectivity index (χ2v) is 8.28. The fraction of sp³-hybridized carbons (Fsp3) is 0.545. The fourth-order valence-electron chi connectivity index (χ4n) is 4.20. The summed E-state index contributed by atoms with van der Waals surface area (Å²) in [6, 6.07) is 7.15. The second-order valence-electron chi connectivity index (χ2n) is 8.28.